The van der Waals surface area contributed by atoms with Crippen molar-refractivity contribution < 1.29 is 18.8 Å². The van der Waals surface area contributed by atoms with Crippen molar-refractivity contribution in [2.45, 2.75) is 44.1 Å². The number of nitrogens with one attached hydrogen (secondary N) is 1. The van der Waals surface area contributed by atoms with Crippen LogP contribution in [0.1, 0.15) is 57.8 Å². The molecule has 1 saturated carbocycles. The van der Waals surface area contributed by atoms with Gasteiger partial charge in [-0.2, -0.15) is 0 Å². The average molecular weight is 568 g/mol. The fourth-order valence-corrected chi connectivity index (χ4v) is 6.76. The summed E-state index contributed by atoms with van der Waals surface area (Å²) < 4.78 is 14.3. The number of fused-ring (bicyclic) bond motifs is 2. The lowest BCUT2D eigenvalue weighted by atomic mass is 9.74. The number of hydrogen-bond donors (Lipinski definition) is 1. The Hall–Kier alpha value is -3.37. The number of benzene rings is 1. The number of nitrogens with zero attached hydrogens (tertiary/aromatic N) is 4. The molecule has 6 rings (SSSR count). The zero-order valence-corrected chi connectivity index (χ0v) is 22.9. The number of carbonyl (C=O) groups excluding carboxylic acids is 3. The number of pyridine rings is 1. The highest BCUT2D eigenvalue weighted by Gasteiger charge is 2.59. The van der Waals surface area contributed by atoms with Crippen molar-refractivity contribution in [1.82, 2.24) is 20.2 Å². The summed E-state index contributed by atoms with van der Waals surface area (Å²) in [5, 5.41) is 5.22. The Morgan fingerprint density at radius 3 is 2.67 bits per heavy atom. The van der Waals surface area contributed by atoms with Crippen molar-refractivity contribution in [3.8, 4) is 0 Å². The van der Waals surface area contributed by atoms with E-state index in [2.05, 4.69) is 15.3 Å². The topological polar surface area (TPSA) is 95.5 Å². The molecule has 3 aliphatic rings. The highest BCUT2D eigenvalue weighted by Crippen LogP contribution is 2.48. The third kappa shape index (κ3) is 4.59. The number of amides is 3. The van der Waals surface area contributed by atoms with Crippen molar-refractivity contribution in [1.29, 1.82) is 0 Å². The third-order valence-corrected chi connectivity index (χ3v) is 8.99. The van der Waals surface area contributed by atoms with Gasteiger partial charge in [-0.05, 0) is 62.3 Å². The molecular weight excluding hydrogens is 541 g/mol. The van der Waals surface area contributed by atoms with E-state index >= 15 is 0 Å². The quantitative estimate of drug-likeness (QED) is 0.494. The van der Waals surface area contributed by atoms with Crippen LogP contribution < -0.4 is 10.2 Å². The van der Waals surface area contributed by atoms with E-state index in [0.717, 1.165) is 31.2 Å². The van der Waals surface area contributed by atoms with Crippen LogP contribution in [-0.4, -0.2) is 58.3 Å². The SMILES string of the molecule is Cc1ncc(Cl)cc1C(=O)NC1CCC(CN2C(=O)C3(CN(C(=O)c4cscn4)C3)c3ccc(F)cc32)CC1. The molecular formula is C28H27ClFN5O3S. The first-order valence-corrected chi connectivity index (χ1v) is 14.3. The average Bonchev–Trinajstić information content (AvgIpc) is 3.51. The van der Waals surface area contributed by atoms with Crippen LogP contribution in [0.3, 0.4) is 0 Å². The first-order chi connectivity index (χ1) is 18.7. The van der Waals surface area contributed by atoms with Crippen LogP contribution >= 0.6 is 22.9 Å². The predicted octanol–water partition coefficient (Wildman–Crippen LogP) is 4.37. The molecule has 1 aromatic carbocycles. The lowest BCUT2D eigenvalue weighted by Gasteiger charge is -2.46. The smallest absolute Gasteiger partial charge is 0.273 e. The van der Waals surface area contributed by atoms with E-state index in [4.69, 9.17) is 11.6 Å². The summed E-state index contributed by atoms with van der Waals surface area (Å²) in [6.45, 7) is 2.77. The predicted molar refractivity (Wildman–Crippen MR) is 146 cm³/mol. The van der Waals surface area contributed by atoms with Gasteiger partial charge >= 0.3 is 0 Å². The molecule has 8 nitrogen and oxygen atoms in total. The first-order valence-electron chi connectivity index (χ1n) is 13.0. The minimum Gasteiger partial charge on any atom is -0.349 e. The summed E-state index contributed by atoms with van der Waals surface area (Å²) in [6, 6.07) is 6.15. The zero-order chi connectivity index (χ0) is 27.3. The Balaban J connectivity index is 1.11. The van der Waals surface area contributed by atoms with Gasteiger partial charge < -0.3 is 15.1 Å². The molecule has 2 aromatic heterocycles. The molecule has 2 fully saturated rings. The molecule has 1 aliphatic carbocycles. The maximum atomic E-state index is 14.3. The number of carbonyl (C=O) groups is 3. The summed E-state index contributed by atoms with van der Waals surface area (Å²) in [6.07, 6.45) is 4.73. The van der Waals surface area contributed by atoms with E-state index in [1.54, 1.807) is 39.7 Å². The number of likely N-dealkylation sites (tertiary alicyclic amines) is 1. The lowest BCUT2D eigenvalue weighted by molar-refractivity contribution is -0.128. The van der Waals surface area contributed by atoms with Crippen molar-refractivity contribution in [3.05, 3.63) is 74.7 Å². The summed E-state index contributed by atoms with van der Waals surface area (Å²) in [5.41, 5.74) is 3.62. The number of halogens is 2. The summed E-state index contributed by atoms with van der Waals surface area (Å²) in [5.74, 6) is -0.634. The molecule has 2 aliphatic heterocycles. The highest BCUT2D eigenvalue weighted by molar-refractivity contribution is 7.07. The molecule has 202 valence electrons. The normalized spacial score (nSPS) is 21.6. The second kappa shape index (κ2) is 9.98. The van der Waals surface area contributed by atoms with Crippen LogP contribution in [0.4, 0.5) is 10.1 Å². The molecule has 1 N–H and O–H groups in total. The van der Waals surface area contributed by atoms with Crippen LogP contribution in [0.5, 0.6) is 0 Å². The standard InChI is InChI=1S/C28H27ClFN5O3S/c1-16-21(8-18(29)10-31-16)25(36)33-20-5-2-17(3-6-20)11-35-24-9-19(30)4-7-22(24)28(27(35)38)13-34(14-28)26(37)23-12-39-15-32-23/h4,7-10,12,15,17,20H,2-3,5-6,11,13-14H2,1H3,(H,33,36). The Labute approximate surface area is 234 Å². The summed E-state index contributed by atoms with van der Waals surface area (Å²) in [4.78, 5) is 51.0. The van der Waals surface area contributed by atoms with Gasteiger partial charge in [0.25, 0.3) is 11.8 Å². The molecule has 1 spiro atoms. The van der Waals surface area contributed by atoms with E-state index in [1.807, 2.05) is 0 Å². The number of hydrogen-bond acceptors (Lipinski definition) is 6. The Kier molecular flexibility index (Phi) is 6.63. The lowest BCUT2D eigenvalue weighted by Crippen LogP contribution is -2.65. The van der Waals surface area contributed by atoms with E-state index in [-0.39, 0.29) is 42.8 Å². The molecule has 0 radical (unpaired) electrons. The van der Waals surface area contributed by atoms with Crippen molar-refractivity contribution in [3.63, 3.8) is 0 Å². The second-order valence-electron chi connectivity index (χ2n) is 10.7. The van der Waals surface area contributed by atoms with E-state index in [9.17, 15) is 18.8 Å². The monoisotopic (exact) mass is 567 g/mol. The molecule has 3 aromatic rings. The van der Waals surface area contributed by atoms with Gasteiger partial charge in [0.15, 0.2) is 0 Å². The van der Waals surface area contributed by atoms with Gasteiger partial charge in [-0.3, -0.25) is 19.4 Å². The third-order valence-electron chi connectivity index (χ3n) is 8.20. The van der Waals surface area contributed by atoms with Crippen molar-refractivity contribution in [2.75, 3.05) is 24.5 Å². The summed E-state index contributed by atoms with van der Waals surface area (Å²) in [7, 11) is 0. The van der Waals surface area contributed by atoms with Gasteiger partial charge in [0.1, 0.15) is 16.9 Å². The van der Waals surface area contributed by atoms with E-state index in [0.29, 0.717) is 34.2 Å². The molecule has 0 atom stereocenters. The second-order valence-corrected chi connectivity index (χ2v) is 11.8. The molecule has 4 heterocycles. The molecule has 0 unspecified atom stereocenters. The van der Waals surface area contributed by atoms with Crippen LogP contribution in [0.25, 0.3) is 0 Å². The number of thiazole rings is 1. The minimum absolute atomic E-state index is 0.0226. The van der Waals surface area contributed by atoms with E-state index in [1.165, 1.54) is 29.7 Å². The van der Waals surface area contributed by atoms with Gasteiger partial charge in [0.05, 0.1) is 27.5 Å². The highest BCUT2D eigenvalue weighted by atomic mass is 35.5. The van der Waals surface area contributed by atoms with Crippen LogP contribution in [0, 0.1) is 18.7 Å². The number of aryl methyl sites for hydroxylation is 1. The molecule has 11 heteroatoms. The molecule has 1 saturated heterocycles. The maximum Gasteiger partial charge on any atom is 0.273 e. The van der Waals surface area contributed by atoms with Crippen LogP contribution in [0.2, 0.25) is 5.02 Å². The maximum absolute atomic E-state index is 14.3. The van der Waals surface area contributed by atoms with Gasteiger partial charge in [-0.1, -0.05) is 17.7 Å². The van der Waals surface area contributed by atoms with Crippen molar-refractivity contribution >= 4 is 46.3 Å². The van der Waals surface area contributed by atoms with Gasteiger partial charge in [0, 0.05) is 37.3 Å². The molecule has 0 bridgehead atoms. The first kappa shape index (κ1) is 25.9. The van der Waals surface area contributed by atoms with Crippen LogP contribution in [0.15, 0.2) is 41.4 Å². The fourth-order valence-electron chi connectivity index (χ4n) is 6.08. The number of aromatic nitrogens is 2. The minimum atomic E-state index is -0.844. The fraction of sp³-hybridized carbons (Fsp3) is 0.393. The zero-order valence-electron chi connectivity index (χ0n) is 21.3. The summed E-state index contributed by atoms with van der Waals surface area (Å²) >= 11 is 7.37. The number of rotatable bonds is 5. The van der Waals surface area contributed by atoms with E-state index < -0.39 is 11.2 Å². The molecule has 39 heavy (non-hydrogen) atoms. The van der Waals surface area contributed by atoms with Crippen LogP contribution in [-0.2, 0) is 10.2 Å². The number of anilines is 1. The molecule has 3 amide bonds. The Bertz CT molecular complexity index is 1450. The van der Waals surface area contributed by atoms with Gasteiger partial charge in [-0.25, -0.2) is 9.37 Å². The van der Waals surface area contributed by atoms with Gasteiger partial charge in [-0.15, -0.1) is 11.3 Å². The Morgan fingerprint density at radius 1 is 1.18 bits per heavy atom. The Morgan fingerprint density at radius 2 is 1.95 bits per heavy atom. The van der Waals surface area contributed by atoms with Gasteiger partial charge in [0.2, 0.25) is 5.91 Å². The largest absolute Gasteiger partial charge is 0.349 e. The van der Waals surface area contributed by atoms with Crippen molar-refractivity contribution in [2.24, 2.45) is 5.92 Å².